The van der Waals surface area contributed by atoms with E-state index >= 15 is 0 Å². The van der Waals surface area contributed by atoms with Crippen molar-refractivity contribution in [2.24, 2.45) is 5.92 Å². The van der Waals surface area contributed by atoms with Crippen molar-refractivity contribution in [3.8, 4) is 17.2 Å². The van der Waals surface area contributed by atoms with Crippen molar-refractivity contribution in [2.45, 2.75) is 69.7 Å². The summed E-state index contributed by atoms with van der Waals surface area (Å²) in [6, 6.07) is 3.20. The molecule has 1 aromatic rings. The van der Waals surface area contributed by atoms with Crippen molar-refractivity contribution in [3.63, 3.8) is 0 Å². The molecule has 1 heterocycles. The summed E-state index contributed by atoms with van der Waals surface area (Å²) >= 11 is 0. The van der Waals surface area contributed by atoms with Gasteiger partial charge in [-0.3, -0.25) is 4.79 Å². The smallest absolute Gasteiger partial charge is 0.328 e. The molecule has 216 valence electrons. The molecule has 0 spiro atoms. The number of benzene rings is 1. The first-order chi connectivity index (χ1) is 19.0. The van der Waals surface area contributed by atoms with Gasteiger partial charge in [-0.15, -0.1) is 13.2 Å². The SMILES string of the molecule is C=CCCOc1c(OC)cc([C@@H](C(=O)N2CCCC[C@H]2C(=O)OCCOCC=C)C2CCCCC2)cc1OC. The third-order valence-corrected chi connectivity index (χ3v) is 7.56. The Hall–Kier alpha value is -3.00. The summed E-state index contributed by atoms with van der Waals surface area (Å²) in [4.78, 5) is 29.2. The Kier molecular flexibility index (Phi) is 12.7. The van der Waals surface area contributed by atoms with Crippen molar-refractivity contribution < 1.29 is 33.3 Å². The summed E-state index contributed by atoms with van der Waals surface area (Å²) in [7, 11) is 3.18. The molecule has 1 aliphatic heterocycles. The molecule has 1 saturated heterocycles. The minimum Gasteiger partial charge on any atom is -0.493 e. The number of carbonyl (C=O) groups is 2. The highest BCUT2D eigenvalue weighted by atomic mass is 16.6. The lowest BCUT2D eigenvalue weighted by molar-refractivity contribution is -0.159. The van der Waals surface area contributed by atoms with Gasteiger partial charge in [0.15, 0.2) is 11.5 Å². The molecule has 0 N–H and O–H groups in total. The van der Waals surface area contributed by atoms with E-state index in [9.17, 15) is 9.59 Å². The van der Waals surface area contributed by atoms with Gasteiger partial charge in [0.05, 0.1) is 40.0 Å². The van der Waals surface area contributed by atoms with Crippen LogP contribution in [0.5, 0.6) is 17.2 Å². The van der Waals surface area contributed by atoms with Crippen LogP contribution in [0.1, 0.15) is 69.3 Å². The van der Waals surface area contributed by atoms with E-state index in [0.717, 1.165) is 44.1 Å². The van der Waals surface area contributed by atoms with Gasteiger partial charge in [-0.1, -0.05) is 31.4 Å². The van der Waals surface area contributed by atoms with E-state index < -0.39 is 12.0 Å². The maximum atomic E-state index is 14.4. The molecule has 1 aromatic carbocycles. The number of carbonyl (C=O) groups excluding carboxylic acids is 2. The summed E-state index contributed by atoms with van der Waals surface area (Å²) in [5, 5.41) is 0. The second-order valence-corrected chi connectivity index (χ2v) is 10.1. The molecule has 8 nitrogen and oxygen atoms in total. The van der Waals surface area contributed by atoms with Crippen LogP contribution in [0.4, 0.5) is 0 Å². The van der Waals surface area contributed by atoms with Crippen molar-refractivity contribution in [3.05, 3.63) is 43.0 Å². The molecule has 1 aliphatic carbocycles. The normalized spacial score (nSPS) is 18.6. The Morgan fingerprint density at radius 3 is 2.28 bits per heavy atom. The van der Waals surface area contributed by atoms with E-state index in [1.54, 1.807) is 31.3 Å². The molecule has 2 aliphatic rings. The van der Waals surface area contributed by atoms with Crippen LogP contribution >= 0.6 is 0 Å². The van der Waals surface area contributed by atoms with Gasteiger partial charge in [-0.25, -0.2) is 4.79 Å². The van der Waals surface area contributed by atoms with Crippen LogP contribution < -0.4 is 14.2 Å². The fraction of sp³-hybridized carbons (Fsp3) is 0.613. The molecule has 8 heteroatoms. The van der Waals surface area contributed by atoms with Crippen LogP contribution in [0, 0.1) is 5.92 Å². The molecule has 0 radical (unpaired) electrons. The summed E-state index contributed by atoms with van der Waals surface area (Å²) in [6.45, 7) is 9.19. The number of methoxy groups -OCH3 is 2. The second-order valence-electron chi connectivity index (χ2n) is 10.1. The summed E-state index contributed by atoms with van der Waals surface area (Å²) < 4.78 is 28.2. The highest BCUT2D eigenvalue weighted by Crippen LogP contribution is 2.45. The average molecular weight is 544 g/mol. The van der Waals surface area contributed by atoms with Crippen LogP contribution in [0.3, 0.4) is 0 Å². The third kappa shape index (κ3) is 8.24. The second kappa shape index (κ2) is 16.2. The van der Waals surface area contributed by atoms with Crippen LogP contribution in [-0.2, 0) is 19.1 Å². The van der Waals surface area contributed by atoms with Crippen molar-refractivity contribution >= 4 is 11.9 Å². The summed E-state index contributed by atoms with van der Waals surface area (Å²) in [5.74, 6) is 0.911. The number of piperidine rings is 1. The zero-order chi connectivity index (χ0) is 28.0. The molecular formula is C31H45NO7. The molecule has 2 atom stereocenters. The van der Waals surface area contributed by atoms with Gasteiger partial charge in [0, 0.05) is 6.54 Å². The number of rotatable bonds is 15. The number of likely N-dealkylation sites (tertiary alicyclic amines) is 1. The third-order valence-electron chi connectivity index (χ3n) is 7.56. The van der Waals surface area contributed by atoms with E-state index in [0.29, 0.717) is 56.5 Å². The summed E-state index contributed by atoms with van der Waals surface area (Å²) in [6.07, 6.45) is 11.7. The minimum absolute atomic E-state index is 0.0316. The fourth-order valence-electron chi connectivity index (χ4n) is 5.63. The van der Waals surface area contributed by atoms with E-state index in [2.05, 4.69) is 13.2 Å². The quantitative estimate of drug-likeness (QED) is 0.165. The Morgan fingerprint density at radius 1 is 0.949 bits per heavy atom. The lowest BCUT2D eigenvalue weighted by Crippen LogP contribution is -2.51. The molecule has 1 amide bonds. The predicted molar refractivity (Wildman–Crippen MR) is 150 cm³/mol. The van der Waals surface area contributed by atoms with Gasteiger partial charge in [0.25, 0.3) is 0 Å². The number of ether oxygens (including phenoxy) is 5. The number of hydrogen-bond acceptors (Lipinski definition) is 7. The van der Waals surface area contributed by atoms with Crippen LogP contribution in [0.25, 0.3) is 0 Å². The van der Waals surface area contributed by atoms with Crippen molar-refractivity contribution in [1.82, 2.24) is 4.90 Å². The topological polar surface area (TPSA) is 83.5 Å². The first kappa shape index (κ1) is 30.5. The molecular weight excluding hydrogens is 498 g/mol. The summed E-state index contributed by atoms with van der Waals surface area (Å²) in [5.41, 5.74) is 0.826. The van der Waals surface area contributed by atoms with Crippen LogP contribution in [-0.4, -0.2) is 70.0 Å². The van der Waals surface area contributed by atoms with Gasteiger partial charge in [-0.2, -0.15) is 0 Å². The van der Waals surface area contributed by atoms with E-state index in [1.165, 1.54) is 6.42 Å². The fourth-order valence-corrected chi connectivity index (χ4v) is 5.63. The van der Waals surface area contributed by atoms with Crippen molar-refractivity contribution in [1.29, 1.82) is 0 Å². The van der Waals surface area contributed by atoms with Gasteiger partial charge in [-0.05, 0) is 62.1 Å². The maximum absolute atomic E-state index is 14.4. The maximum Gasteiger partial charge on any atom is 0.328 e. The van der Waals surface area contributed by atoms with Gasteiger partial charge in [0.2, 0.25) is 11.7 Å². The highest BCUT2D eigenvalue weighted by molar-refractivity contribution is 5.89. The lowest BCUT2D eigenvalue weighted by atomic mass is 9.75. The number of esters is 1. The van der Waals surface area contributed by atoms with Gasteiger partial charge >= 0.3 is 5.97 Å². The molecule has 0 aromatic heterocycles. The standard InChI is InChI=1S/C31H45NO7/c1-5-7-18-38-29-26(35-3)21-24(22-27(29)36-4)28(23-13-9-8-10-14-23)30(33)32-16-12-11-15-25(32)31(34)39-20-19-37-17-6-2/h5-6,21-23,25,28H,1-2,7-20H2,3-4H3/t25-,28-/m0/s1. The Balaban J connectivity index is 1.91. The molecule has 0 unspecified atom stereocenters. The highest BCUT2D eigenvalue weighted by Gasteiger charge is 2.40. The first-order valence-corrected chi connectivity index (χ1v) is 14.2. The van der Waals surface area contributed by atoms with E-state index in [-0.39, 0.29) is 24.4 Å². The average Bonchev–Trinajstić information content (AvgIpc) is 2.97. The van der Waals surface area contributed by atoms with Gasteiger partial charge in [0.1, 0.15) is 12.6 Å². The zero-order valence-corrected chi connectivity index (χ0v) is 23.7. The molecule has 39 heavy (non-hydrogen) atoms. The number of nitrogens with zero attached hydrogens (tertiary/aromatic N) is 1. The number of hydrogen-bond donors (Lipinski definition) is 0. The molecule has 2 fully saturated rings. The minimum atomic E-state index is -0.595. The Bertz CT molecular complexity index is 931. The first-order valence-electron chi connectivity index (χ1n) is 14.2. The largest absolute Gasteiger partial charge is 0.493 e. The number of amides is 1. The van der Waals surface area contributed by atoms with Crippen LogP contribution in [0.2, 0.25) is 0 Å². The predicted octanol–water partition coefficient (Wildman–Crippen LogP) is 5.45. The molecule has 1 saturated carbocycles. The van der Waals surface area contributed by atoms with Crippen molar-refractivity contribution in [2.75, 3.05) is 47.2 Å². The molecule has 3 rings (SSSR count). The zero-order valence-electron chi connectivity index (χ0n) is 23.7. The molecule has 0 bridgehead atoms. The lowest BCUT2D eigenvalue weighted by Gasteiger charge is -2.39. The van der Waals surface area contributed by atoms with E-state index in [4.69, 9.17) is 23.7 Å². The monoisotopic (exact) mass is 543 g/mol. The Morgan fingerprint density at radius 2 is 1.64 bits per heavy atom. The van der Waals surface area contributed by atoms with Crippen LogP contribution in [0.15, 0.2) is 37.4 Å². The Labute approximate surface area is 233 Å². The van der Waals surface area contributed by atoms with E-state index in [1.807, 2.05) is 12.1 Å². The van der Waals surface area contributed by atoms with Gasteiger partial charge < -0.3 is 28.6 Å².